The van der Waals surface area contributed by atoms with Crippen LogP contribution < -0.4 is 5.32 Å². The summed E-state index contributed by atoms with van der Waals surface area (Å²) < 4.78 is 37.2. The van der Waals surface area contributed by atoms with Crippen molar-refractivity contribution in [1.29, 1.82) is 0 Å². The van der Waals surface area contributed by atoms with Gasteiger partial charge in [0, 0.05) is 0 Å². The predicted molar refractivity (Wildman–Crippen MR) is 59.8 cm³/mol. The largest absolute Gasteiger partial charge is 0.375 e. The van der Waals surface area contributed by atoms with E-state index in [9.17, 15) is 8.78 Å². The van der Waals surface area contributed by atoms with Crippen molar-refractivity contribution < 1.29 is 18.3 Å². The molecule has 0 aromatic heterocycles. The molecule has 1 heterocycles. The van der Waals surface area contributed by atoms with Crippen LogP contribution in [0.15, 0.2) is 18.2 Å². The zero-order valence-electron chi connectivity index (χ0n) is 9.80. The number of hydrogen-bond acceptors (Lipinski definition) is 3. The molecule has 0 aliphatic carbocycles. The van der Waals surface area contributed by atoms with Crippen molar-refractivity contribution in [3.8, 4) is 0 Å². The van der Waals surface area contributed by atoms with Crippen LogP contribution in [0.3, 0.4) is 0 Å². The van der Waals surface area contributed by atoms with Gasteiger partial charge in [-0.25, -0.2) is 8.78 Å². The highest BCUT2D eigenvalue weighted by atomic mass is 19.1. The SMILES string of the molecule is CC1(C)OCC(Nc2cc(F)ccc2F)CO1. The van der Waals surface area contributed by atoms with Crippen LogP contribution in [0.1, 0.15) is 13.8 Å². The van der Waals surface area contributed by atoms with Gasteiger partial charge in [-0.1, -0.05) is 0 Å². The zero-order valence-corrected chi connectivity index (χ0v) is 9.80. The molecule has 1 aliphatic heterocycles. The minimum Gasteiger partial charge on any atom is -0.375 e. The Hall–Kier alpha value is -1.20. The minimum atomic E-state index is -0.612. The number of nitrogens with one attached hydrogen (secondary N) is 1. The molecule has 94 valence electrons. The molecule has 1 aliphatic rings. The highest BCUT2D eigenvalue weighted by Crippen LogP contribution is 2.21. The fourth-order valence-corrected chi connectivity index (χ4v) is 1.60. The number of halogens is 2. The lowest BCUT2D eigenvalue weighted by Crippen LogP contribution is -2.45. The van der Waals surface area contributed by atoms with E-state index in [4.69, 9.17) is 9.47 Å². The Kier molecular flexibility index (Phi) is 3.31. The van der Waals surface area contributed by atoms with Crippen molar-refractivity contribution in [1.82, 2.24) is 0 Å². The molecule has 0 bridgehead atoms. The molecule has 0 atom stereocenters. The van der Waals surface area contributed by atoms with Gasteiger partial charge >= 0.3 is 0 Å². The van der Waals surface area contributed by atoms with Gasteiger partial charge in [-0.15, -0.1) is 0 Å². The molecule has 17 heavy (non-hydrogen) atoms. The van der Waals surface area contributed by atoms with Gasteiger partial charge in [-0.2, -0.15) is 0 Å². The summed E-state index contributed by atoms with van der Waals surface area (Å²) in [6.07, 6.45) is 0. The van der Waals surface area contributed by atoms with Crippen LogP contribution in [0.5, 0.6) is 0 Å². The van der Waals surface area contributed by atoms with Crippen molar-refractivity contribution in [2.24, 2.45) is 0 Å². The van der Waals surface area contributed by atoms with Crippen LogP contribution in [-0.4, -0.2) is 25.0 Å². The molecule has 3 nitrogen and oxygen atoms in total. The van der Waals surface area contributed by atoms with Crippen molar-refractivity contribution in [3.05, 3.63) is 29.8 Å². The molecule has 2 rings (SSSR count). The first-order valence-electron chi connectivity index (χ1n) is 5.46. The van der Waals surface area contributed by atoms with Gasteiger partial charge in [0.2, 0.25) is 0 Å². The zero-order chi connectivity index (χ0) is 12.5. The summed E-state index contributed by atoms with van der Waals surface area (Å²) in [6.45, 7) is 4.41. The molecule has 1 fully saturated rings. The highest BCUT2D eigenvalue weighted by Gasteiger charge is 2.28. The third-order valence-corrected chi connectivity index (χ3v) is 2.55. The first-order chi connectivity index (χ1) is 7.96. The first kappa shape index (κ1) is 12.3. The minimum absolute atomic E-state index is 0.127. The summed E-state index contributed by atoms with van der Waals surface area (Å²) >= 11 is 0. The van der Waals surface area contributed by atoms with Gasteiger partial charge in [0.15, 0.2) is 5.79 Å². The smallest absolute Gasteiger partial charge is 0.162 e. The molecule has 5 heteroatoms. The average Bonchev–Trinajstić information content (AvgIpc) is 2.26. The number of anilines is 1. The second kappa shape index (κ2) is 4.58. The maximum absolute atomic E-state index is 13.4. The van der Waals surface area contributed by atoms with Crippen LogP contribution in [0.2, 0.25) is 0 Å². The van der Waals surface area contributed by atoms with Crippen molar-refractivity contribution >= 4 is 5.69 Å². The summed E-state index contributed by atoms with van der Waals surface area (Å²) in [4.78, 5) is 0. The lowest BCUT2D eigenvalue weighted by molar-refractivity contribution is -0.247. The number of rotatable bonds is 2. The van der Waals surface area contributed by atoms with E-state index in [2.05, 4.69) is 5.32 Å². The quantitative estimate of drug-likeness (QED) is 0.865. The van der Waals surface area contributed by atoms with E-state index < -0.39 is 17.4 Å². The van der Waals surface area contributed by atoms with Gasteiger partial charge < -0.3 is 14.8 Å². The monoisotopic (exact) mass is 243 g/mol. The summed E-state index contributed by atoms with van der Waals surface area (Å²) in [5.41, 5.74) is 0.127. The van der Waals surface area contributed by atoms with Crippen molar-refractivity contribution in [3.63, 3.8) is 0 Å². The Morgan fingerprint density at radius 2 is 1.88 bits per heavy atom. The van der Waals surface area contributed by atoms with Gasteiger partial charge in [0.1, 0.15) is 11.6 Å². The molecule has 0 spiro atoms. The molecule has 0 amide bonds. The molecule has 0 radical (unpaired) electrons. The molecule has 1 saturated heterocycles. The van der Waals surface area contributed by atoms with E-state index in [1.54, 1.807) is 0 Å². The Morgan fingerprint density at radius 3 is 2.53 bits per heavy atom. The molecule has 0 unspecified atom stereocenters. The van der Waals surface area contributed by atoms with Gasteiger partial charge in [-0.3, -0.25) is 0 Å². The van der Waals surface area contributed by atoms with Crippen LogP contribution in [0.25, 0.3) is 0 Å². The van der Waals surface area contributed by atoms with Gasteiger partial charge in [-0.05, 0) is 32.0 Å². The summed E-state index contributed by atoms with van der Waals surface area (Å²) in [7, 11) is 0. The van der Waals surface area contributed by atoms with Crippen LogP contribution in [-0.2, 0) is 9.47 Å². The van der Waals surface area contributed by atoms with E-state index in [1.165, 1.54) is 0 Å². The Balaban J connectivity index is 2.00. The second-order valence-corrected chi connectivity index (χ2v) is 4.49. The number of hydrogen-bond donors (Lipinski definition) is 1. The third kappa shape index (κ3) is 3.14. The molecule has 1 aromatic carbocycles. The number of ether oxygens (including phenoxy) is 2. The lowest BCUT2D eigenvalue weighted by atomic mass is 10.2. The van der Waals surface area contributed by atoms with Gasteiger partial charge in [0.25, 0.3) is 0 Å². The van der Waals surface area contributed by atoms with Crippen LogP contribution in [0, 0.1) is 11.6 Å². The maximum atomic E-state index is 13.4. The maximum Gasteiger partial charge on any atom is 0.162 e. The first-order valence-corrected chi connectivity index (χ1v) is 5.46. The molecule has 1 N–H and O–H groups in total. The Morgan fingerprint density at radius 1 is 1.24 bits per heavy atom. The topological polar surface area (TPSA) is 30.5 Å². The lowest BCUT2D eigenvalue weighted by Gasteiger charge is -2.35. The second-order valence-electron chi connectivity index (χ2n) is 4.49. The van der Waals surface area contributed by atoms with E-state index in [-0.39, 0.29) is 11.7 Å². The van der Waals surface area contributed by atoms with E-state index in [0.717, 1.165) is 18.2 Å². The van der Waals surface area contributed by atoms with E-state index in [1.807, 2.05) is 13.8 Å². The Labute approximate surface area is 98.7 Å². The Bertz CT molecular complexity index is 399. The standard InChI is InChI=1S/C12H15F2NO2/c1-12(2)16-6-9(7-17-12)15-11-5-8(13)3-4-10(11)14/h3-5,9,15H,6-7H2,1-2H3. The number of benzene rings is 1. The van der Waals surface area contributed by atoms with Crippen molar-refractivity contribution in [2.75, 3.05) is 18.5 Å². The molecule has 0 saturated carbocycles. The van der Waals surface area contributed by atoms with Gasteiger partial charge in [0.05, 0.1) is 24.9 Å². The molecular formula is C12H15F2NO2. The molecule has 1 aromatic rings. The third-order valence-electron chi connectivity index (χ3n) is 2.55. The predicted octanol–water partition coefficient (Wildman–Crippen LogP) is 2.53. The van der Waals surface area contributed by atoms with E-state index in [0.29, 0.717) is 13.2 Å². The molecular weight excluding hydrogens is 228 g/mol. The fourth-order valence-electron chi connectivity index (χ4n) is 1.60. The van der Waals surface area contributed by atoms with Crippen molar-refractivity contribution in [2.45, 2.75) is 25.7 Å². The van der Waals surface area contributed by atoms with Crippen LogP contribution in [0.4, 0.5) is 14.5 Å². The average molecular weight is 243 g/mol. The summed E-state index contributed by atoms with van der Waals surface area (Å²) in [5, 5.41) is 2.86. The van der Waals surface area contributed by atoms with E-state index >= 15 is 0 Å². The summed E-state index contributed by atoms with van der Waals surface area (Å²) in [5.74, 6) is -1.58. The fraction of sp³-hybridized carbons (Fsp3) is 0.500. The summed E-state index contributed by atoms with van der Waals surface area (Å²) in [6, 6.07) is 3.11. The highest BCUT2D eigenvalue weighted by molar-refractivity contribution is 5.45. The normalized spacial score (nSPS) is 20.2. The van der Waals surface area contributed by atoms with Crippen LogP contribution >= 0.6 is 0 Å².